The second kappa shape index (κ2) is 6.95. The lowest BCUT2D eigenvalue weighted by atomic mass is 9.94. The Balaban J connectivity index is 1.71. The van der Waals surface area contributed by atoms with Crippen LogP contribution in [0, 0.1) is 0 Å². The molecule has 7 heteroatoms. The average Bonchev–Trinajstić information content (AvgIpc) is 2.62. The molecule has 3 rings (SSSR count). The number of imide groups is 1. The van der Waals surface area contributed by atoms with Crippen LogP contribution in [0.25, 0.3) is 10.8 Å². The molecule has 1 heterocycles. The van der Waals surface area contributed by atoms with E-state index < -0.39 is 17.9 Å². The predicted octanol–water partition coefficient (Wildman–Crippen LogP) is 1.81. The minimum atomic E-state index is -1.12. The van der Waals surface area contributed by atoms with Gasteiger partial charge in [-0.1, -0.05) is 24.3 Å². The van der Waals surface area contributed by atoms with E-state index in [1.54, 1.807) is 24.3 Å². The van der Waals surface area contributed by atoms with Gasteiger partial charge in [0.05, 0.1) is 0 Å². The van der Waals surface area contributed by atoms with Crippen molar-refractivity contribution in [2.75, 3.05) is 6.54 Å². The van der Waals surface area contributed by atoms with Crippen molar-refractivity contribution in [2.24, 2.45) is 0 Å². The van der Waals surface area contributed by atoms with Gasteiger partial charge in [-0.15, -0.1) is 0 Å². The van der Waals surface area contributed by atoms with Gasteiger partial charge in [0, 0.05) is 29.5 Å². The summed E-state index contributed by atoms with van der Waals surface area (Å²) in [5.74, 6) is -2.30. The number of amides is 3. The molecule has 0 radical (unpaired) electrons. The Kier molecular flexibility index (Phi) is 4.71. The van der Waals surface area contributed by atoms with E-state index in [2.05, 4.69) is 5.32 Å². The van der Waals surface area contributed by atoms with E-state index >= 15 is 0 Å². The molecule has 1 aliphatic heterocycles. The quantitative estimate of drug-likeness (QED) is 0.770. The van der Waals surface area contributed by atoms with Gasteiger partial charge in [-0.2, -0.15) is 0 Å². The highest BCUT2D eigenvalue weighted by molar-refractivity contribution is 6.25. The summed E-state index contributed by atoms with van der Waals surface area (Å²) in [4.78, 5) is 49.0. The summed E-state index contributed by atoms with van der Waals surface area (Å²) in [5, 5.41) is 12.6. The fourth-order valence-electron chi connectivity index (χ4n) is 3.06. The van der Waals surface area contributed by atoms with Gasteiger partial charge in [0.1, 0.15) is 6.04 Å². The smallest absolute Gasteiger partial charge is 0.325 e. The van der Waals surface area contributed by atoms with Crippen LogP contribution in [0.5, 0.6) is 0 Å². The van der Waals surface area contributed by atoms with Gasteiger partial charge >= 0.3 is 5.97 Å². The van der Waals surface area contributed by atoms with Crippen LogP contribution in [0.3, 0.4) is 0 Å². The summed E-state index contributed by atoms with van der Waals surface area (Å²) in [6, 6.07) is 9.65. The molecule has 26 heavy (non-hydrogen) atoms. The molecule has 1 atom stereocenters. The van der Waals surface area contributed by atoms with E-state index in [1.165, 1.54) is 6.92 Å². The number of carboxylic acids is 1. The molecule has 1 aliphatic rings. The maximum atomic E-state index is 12.7. The number of carboxylic acid groups (broad SMARTS) is 1. The van der Waals surface area contributed by atoms with E-state index in [9.17, 15) is 19.2 Å². The van der Waals surface area contributed by atoms with Crippen molar-refractivity contribution in [3.05, 3.63) is 47.5 Å². The molecule has 0 fully saturated rings. The minimum absolute atomic E-state index is 0.0283. The molecule has 2 aromatic carbocycles. The van der Waals surface area contributed by atoms with E-state index in [4.69, 9.17) is 5.11 Å². The van der Waals surface area contributed by atoms with Crippen molar-refractivity contribution in [3.8, 4) is 0 Å². The van der Waals surface area contributed by atoms with Crippen molar-refractivity contribution in [1.29, 1.82) is 0 Å². The van der Waals surface area contributed by atoms with Crippen LogP contribution >= 0.6 is 0 Å². The Morgan fingerprint density at radius 1 is 1.08 bits per heavy atom. The van der Waals surface area contributed by atoms with Crippen LogP contribution < -0.4 is 5.32 Å². The van der Waals surface area contributed by atoms with Crippen LogP contribution in [-0.4, -0.2) is 46.3 Å². The Morgan fingerprint density at radius 2 is 1.65 bits per heavy atom. The minimum Gasteiger partial charge on any atom is -0.480 e. The topological polar surface area (TPSA) is 104 Å². The fourth-order valence-corrected chi connectivity index (χ4v) is 3.06. The molecule has 0 saturated carbocycles. The maximum absolute atomic E-state index is 12.7. The summed E-state index contributed by atoms with van der Waals surface area (Å²) in [6.45, 7) is 1.47. The molecule has 0 spiro atoms. The normalized spacial score (nSPS) is 14.4. The molecule has 3 amide bonds. The van der Waals surface area contributed by atoms with Crippen LogP contribution in [-0.2, 0) is 9.59 Å². The number of carbonyl (C=O) groups is 4. The summed E-state index contributed by atoms with van der Waals surface area (Å²) in [6.07, 6.45) is 0.286. The first kappa shape index (κ1) is 17.6. The Morgan fingerprint density at radius 3 is 2.19 bits per heavy atom. The summed E-state index contributed by atoms with van der Waals surface area (Å²) in [7, 11) is 0. The third-order valence-corrected chi connectivity index (χ3v) is 4.39. The van der Waals surface area contributed by atoms with Crippen molar-refractivity contribution in [1.82, 2.24) is 10.2 Å². The average molecular weight is 354 g/mol. The van der Waals surface area contributed by atoms with E-state index in [1.807, 2.05) is 12.1 Å². The fraction of sp³-hybridized carbons (Fsp3) is 0.263. The van der Waals surface area contributed by atoms with Crippen LogP contribution in [0.2, 0.25) is 0 Å². The second-order valence-corrected chi connectivity index (χ2v) is 6.20. The standard InChI is InChI=1S/C19H18N2O5/c1-11(19(25)26)20-15(22)9-4-10-21-17(23)13-7-2-5-12-6-3-8-14(16(12)13)18(21)24/h2-3,5-8,11H,4,9-10H2,1H3,(H,20,22)(H,25,26)/t11-/m1/s1. The first-order valence-corrected chi connectivity index (χ1v) is 8.30. The van der Waals surface area contributed by atoms with Gasteiger partial charge in [0.25, 0.3) is 11.8 Å². The van der Waals surface area contributed by atoms with Crippen molar-refractivity contribution in [3.63, 3.8) is 0 Å². The third kappa shape index (κ3) is 3.15. The lowest BCUT2D eigenvalue weighted by Crippen LogP contribution is -2.42. The van der Waals surface area contributed by atoms with Crippen LogP contribution in [0.15, 0.2) is 36.4 Å². The van der Waals surface area contributed by atoms with Gasteiger partial charge < -0.3 is 10.4 Å². The van der Waals surface area contributed by atoms with Gasteiger partial charge in [-0.3, -0.25) is 24.1 Å². The SMILES string of the molecule is C[C@@H](NC(=O)CCCN1C(=O)c2cccc3cccc(c23)C1=O)C(=O)O. The predicted molar refractivity (Wildman–Crippen MR) is 93.8 cm³/mol. The van der Waals surface area contributed by atoms with E-state index in [0.29, 0.717) is 16.5 Å². The highest BCUT2D eigenvalue weighted by atomic mass is 16.4. The lowest BCUT2D eigenvalue weighted by Gasteiger charge is -2.27. The molecule has 7 nitrogen and oxygen atoms in total. The molecule has 0 saturated heterocycles. The van der Waals surface area contributed by atoms with Crippen molar-refractivity contribution < 1.29 is 24.3 Å². The van der Waals surface area contributed by atoms with Crippen LogP contribution in [0.1, 0.15) is 40.5 Å². The summed E-state index contributed by atoms with van der Waals surface area (Å²) in [5.41, 5.74) is 0.948. The zero-order valence-electron chi connectivity index (χ0n) is 14.2. The molecule has 2 N–H and O–H groups in total. The van der Waals surface area contributed by atoms with Crippen LogP contribution in [0.4, 0.5) is 0 Å². The number of benzene rings is 2. The molecule has 134 valence electrons. The Hall–Kier alpha value is -3.22. The zero-order valence-corrected chi connectivity index (χ0v) is 14.2. The van der Waals surface area contributed by atoms with Gasteiger partial charge in [-0.25, -0.2) is 0 Å². The van der Waals surface area contributed by atoms with E-state index in [0.717, 1.165) is 10.3 Å². The summed E-state index contributed by atoms with van der Waals surface area (Å²) >= 11 is 0. The Labute approximate surface area is 149 Å². The third-order valence-electron chi connectivity index (χ3n) is 4.39. The first-order chi connectivity index (χ1) is 12.4. The molecule has 0 bridgehead atoms. The maximum Gasteiger partial charge on any atom is 0.325 e. The molecular weight excluding hydrogens is 336 g/mol. The van der Waals surface area contributed by atoms with Gasteiger partial charge in [-0.05, 0) is 30.9 Å². The van der Waals surface area contributed by atoms with Gasteiger partial charge in [0.15, 0.2) is 0 Å². The van der Waals surface area contributed by atoms with Gasteiger partial charge in [0.2, 0.25) is 5.91 Å². The number of rotatable bonds is 6. The molecule has 0 aliphatic carbocycles. The number of aliphatic carboxylic acids is 1. The first-order valence-electron chi connectivity index (χ1n) is 8.30. The molecular formula is C19H18N2O5. The second-order valence-electron chi connectivity index (χ2n) is 6.20. The monoisotopic (exact) mass is 354 g/mol. The molecule has 0 aromatic heterocycles. The largest absolute Gasteiger partial charge is 0.480 e. The van der Waals surface area contributed by atoms with Crippen molar-refractivity contribution in [2.45, 2.75) is 25.8 Å². The zero-order chi connectivity index (χ0) is 18.8. The highest BCUT2D eigenvalue weighted by Gasteiger charge is 2.32. The van der Waals surface area contributed by atoms with E-state index in [-0.39, 0.29) is 31.2 Å². The number of carbonyl (C=O) groups excluding carboxylic acids is 3. The summed E-state index contributed by atoms with van der Waals surface area (Å²) < 4.78 is 0. The molecule has 2 aromatic rings. The number of nitrogens with one attached hydrogen (secondary N) is 1. The molecule has 0 unspecified atom stereocenters. The Bertz CT molecular complexity index is 871. The number of hydrogen-bond acceptors (Lipinski definition) is 4. The number of nitrogens with zero attached hydrogens (tertiary/aromatic N) is 1. The number of hydrogen-bond donors (Lipinski definition) is 2. The highest BCUT2D eigenvalue weighted by Crippen LogP contribution is 2.29. The lowest BCUT2D eigenvalue weighted by molar-refractivity contribution is -0.141. The van der Waals surface area contributed by atoms with Crippen molar-refractivity contribution >= 4 is 34.5 Å².